The molecule has 0 spiro atoms. The third-order valence-corrected chi connectivity index (χ3v) is 4.99. The van der Waals surface area contributed by atoms with E-state index in [0.717, 1.165) is 17.0 Å². The van der Waals surface area contributed by atoms with E-state index in [1.54, 1.807) is 12.1 Å². The van der Waals surface area contributed by atoms with Crippen LogP contribution in [0.4, 0.5) is 5.13 Å². The predicted octanol–water partition coefficient (Wildman–Crippen LogP) is 2.30. The number of para-hydroxylation sites is 1. The Hall–Kier alpha value is -2.45. The van der Waals surface area contributed by atoms with Crippen LogP contribution in [0, 0.1) is 0 Å². The minimum atomic E-state index is -0.363. The lowest BCUT2D eigenvalue weighted by molar-refractivity contribution is -0.125. The molecule has 0 saturated heterocycles. The van der Waals surface area contributed by atoms with Crippen molar-refractivity contribution in [2.24, 2.45) is 0 Å². The molecule has 1 aromatic heterocycles. The number of carbonyl (C=O) groups excluding carboxylic acids is 2. The molecule has 7 nitrogen and oxygen atoms in total. The van der Waals surface area contributed by atoms with Gasteiger partial charge in [0.25, 0.3) is 5.91 Å². The SMILES string of the molecule is C[C@@H]1Cc2nc(NC(=O)CNC(=O)COc3ccccc3)sc2[C@H](C)O1. The van der Waals surface area contributed by atoms with Gasteiger partial charge >= 0.3 is 0 Å². The molecule has 0 unspecified atom stereocenters. The number of ether oxygens (including phenoxy) is 2. The van der Waals surface area contributed by atoms with Gasteiger partial charge in [0.15, 0.2) is 11.7 Å². The van der Waals surface area contributed by atoms with Crippen molar-refractivity contribution in [1.29, 1.82) is 0 Å². The largest absolute Gasteiger partial charge is 0.484 e. The number of amides is 2. The molecule has 2 amide bonds. The Bertz CT molecular complexity index is 778. The fraction of sp³-hybridized carbons (Fsp3) is 0.389. The highest BCUT2D eigenvalue weighted by atomic mass is 32.1. The van der Waals surface area contributed by atoms with Crippen LogP contribution in [0.25, 0.3) is 0 Å². The smallest absolute Gasteiger partial charge is 0.258 e. The summed E-state index contributed by atoms with van der Waals surface area (Å²) in [6.45, 7) is 3.70. The van der Waals surface area contributed by atoms with Crippen molar-refractivity contribution in [3.05, 3.63) is 40.9 Å². The molecule has 1 aliphatic heterocycles. The number of hydrogen-bond acceptors (Lipinski definition) is 6. The van der Waals surface area contributed by atoms with E-state index in [1.165, 1.54) is 11.3 Å². The second-order valence-corrected chi connectivity index (χ2v) is 7.08. The van der Waals surface area contributed by atoms with Crippen molar-refractivity contribution in [3.8, 4) is 5.75 Å². The van der Waals surface area contributed by atoms with Crippen LogP contribution in [0.3, 0.4) is 0 Å². The van der Waals surface area contributed by atoms with E-state index in [9.17, 15) is 9.59 Å². The number of carbonyl (C=O) groups is 2. The molecule has 2 heterocycles. The molecule has 0 bridgehead atoms. The zero-order valence-corrected chi connectivity index (χ0v) is 15.5. The molecule has 1 aromatic carbocycles. The molecule has 0 aliphatic carbocycles. The molecule has 2 aromatic rings. The Kier molecular flexibility index (Phi) is 5.85. The second-order valence-electron chi connectivity index (χ2n) is 6.05. The first-order valence-corrected chi connectivity index (χ1v) is 9.22. The first-order valence-electron chi connectivity index (χ1n) is 8.40. The van der Waals surface area contributed by atoms with Gasteiger partial charge < -0.3 is 20.1 Å². The summed E-state index contributed by atoms with van der Waals surface area (Å²) in [4.78, 5) is 29.3. The summed E-state index contributed by atoms with van der Waals surface area (Å²) in [5.41, 5.74) is 0.969. The van der Waals surface area contributed by atoms with Crippen LogP contribution < -0.4 is 15.4 Å². The third kappa shape index (κ3) is 4.80. The maximum Gasteiger partial charge on any atom is 0.258 e. The van der Waals surface area contributed by atoms with Crippen LogP contribution in [0.2, 0.25) is 0 Å². The maximum absolute atomic E-state index is 12.0. The van der Waals surface area contributed by atoms with Crippen molar-refractivity contribution < 1.29 is 19.1 Å². The highest BCUT2D eigenvalue weighted by molar-refractivity contribution is 7.16. The van der Waals surface area contributed by atoms with E-state index < -0.39 is 0 Å². The van der Waals surface area contributed by atoms with Crippen LogP contribution in [0.1, 0.15) is 30.5 Å². The lowest BCUT2D eigenvalue weighted by Gasteiger charge is -2.23. The minimum absolute atomic E-state index is 0.0215. The normalized spacial score (nSPS) is 18.7. The zero-order valence-electron chi connectivity index (χ0n) is 14.7. The van der Waals surface area contributed by atoms with Gasteiger partial charge in [0, 0.05) is 6.42 Å². The summed E-state index contributed by atoms with van der Waals surface area (Å²) in [5, 5.41) is 5.77. The Morgan fingerprint density at radius 1 is 1.27 bits per heavy atom. The van der Waals surface area contributed by atoms with Gasteiger partial charge in [-0.15, -0.1) is 0 Å². The number of fused-ring (bicyclic) bond motifs is 1. The molecular weight excluding hydrogens is 354 g/mol. The lowest BCUT2D eigenvalue weighted by atomic mass is 10.1. The molecule has 8 heteroatoms. The zero-order chi connectivity index (χ0) is 18.5. The van der Waals surface area contributed by atoms with Crippen LogP contribution >= 0.6 is 11.3 Å². The summed E-state index contributed by atoms with van der Waals surface area (Å²) in [5.74, 6) is -0.0879. The Balaban J connectivity index is 1.44. The fourth-order valence-electron chi connectivity index (χ4n) is 2.67. The molecule has 26 heavy (non-hydrogen) atoms. The molecule has 138 valence electrons. The monoisotopic (exact) mass is 375 g/mol. The number of hydrogen-bond donors (Lipinski definition) is 2. The summed E-state index contributed by atoms with van der Waals surface area (Å²) >= 11 is 1.41. The van der Waals surface area contributed by atoms with E-state index in [2.05, 4.69) is 15.6 Å². The van der Waals surface area contributed by atoms with Crippen LogP contribution in [-0.4, -0.2) is 36.1 Å². The highest BCUT2D eigenvalue weighted by Gasteiger charge is 2.26. The first kappa shape index (κ1) is 18.3. The van der Waals surface area contributed by atoms with Gasteiger partial charge in [-0.2, -0.15) is 0 Å². The van der Waals surface area contributed by atoms with Gasteiger partial charge in [-0.05, 0) is 26.0 Å². The molecule has 1 aliphatic rings. The van der Waals surface area contributed by atoms with Gasteiger partial charge in [-0.25, -0.2) is 4.98 Å². The van der Waals surface area contributed by atoms with E-state index in [4.69, 9.17) is 9.47 Å². The summed E-state index contributed by atoms with van der Waals surface area (Å²) in [7, 11) is 0. The third-order valence-electron chi connectivity index (χ3n) is 3.82. The van der Waals surface area contributed by atoms with Gasteiger partial charge in [-0.3, -0.25) is 9.59 Å². The van der Waals surface area contributed by atoms with Gasteiger partial charge in [0.05, 0.1) is 29.3 Å². The average Bonchev–Trinajstić information content (AvgIpc) is 3.01. The van der Waals surface area contributed by atoms with Gasteiger partial charge in [0.1, 0.15) is 5.75 Å². The van der Waals surface area contributed by atoms with Crippen LogP contribution in [-0.2, 0) is 20.7 Å². The van der Waals surface area contributed by atoms with Crippen LogP contribution in [0.15, 0.2) is 30.3 Å². The molecule has 2 N–H and O–H groups in total. The topological polar surface area (TPSA) is 89.6 Å². The number of nitrogens with one attached hydrogen (secondary N) is 2. The second kappa shape index (κ2) is 8.29. The van der Waals surface area contributed by atoms with E-state index in [-0.39, 0.29) is 37.2 Å². The Morgan fingerprint density at radius 2 is 2.04 bits per heavy atom. The standard InChI is InChI=1S/C18H21N3O4S/c1-11-8-14-17(12(2)25-11)26-18(20-14)21-15(22)9-19-16(23)10-24-13-6-4-3-5-7-13/h3-7,11-12H,8-10H2,1-2H3,(H,19,23)(H,20,21,22)/t11-,12+/m1/s1. The van der Waals surface area contributed by atoms with E-state index in [0.29, 0.717) is 10.9 Å². The average molecular weight is 375 g/mol. The highest BCUT2D eigenvalue weighted by Crippen LogP contribution is 2.36. The van der Waals surface area contributed by atoms with Crippen molar-refractivity contribution in [2.45, 2.75) is 32.5 Å². The van der Waals surface area contributed by atoms with Crippen molar-refractivity contribution in [1.82, 2.24) is 10.3 Å². The summed E-state index contributed by atoms with van der Waals surface area (Å²) in [6.07, 6.45) is 0.832. The molecule has 0 fully saturated rings. The number of benzene rings is 1. The fourth-order valence-corrected chi connectivity index (χ4v) is 3.67. The number of thiazole rings is 1. The Labute approximate surface area is 155 Å². The van der Waals surface area contributed by atoms with Crippen molar-refractivity contribution in [3.63, 3.8) is 0 Å². The molecular formula is C18H21N3O4S. The first-order chi connectivity index (χ1) is 12.5. The Morgan fingerprint density at radius 3 is 2.81 bits per heavy atom. The van der Waals surface area contributed by atoms with E-state index >= 15 is 0 Å². The number of nitrogens with zero attached hydrogens (tertiary/aromatic N) is 1. The molecule has 0 radical (unpaired) electrons. The van der Waals surface area contributed by atoms with Crippen molar-refractivity contribution in [2.75, 3.05) is 18.5 Å². The number of aromatic nitrogens is 1. The van der Waals surface area contributed by atoms with Gasteiger partial charge in [0.2, 0.25) is 5.91 Å². The summed E-state index contributed by atoms with van der Waals surface area (Å²) in [6, 6.07) is 9.02. The van der Waals surface area contributed by atoms with E-state index in [1.807, 2.05) is 32.0 Å². The van der Waals surface area contributed by atoms with Crippen molar-refractivity contribution >= 4 is 28.3 Å². The minimum Gasteiger partial charge on any atom is -0.484 e. The number of rotatable bonds is 6. The molecule has 2 atom stereocenters. The lowest BCUT2D eigenvalue weighted by Crippen LogP contribution is -2.35. The van der Waals surface area contributed by atoms with Gasteiger partial charge in [-0.1, -0.05) is 29.5 Å². The predicted molar refractivity (Wildman–Crippen MR) is 98.4 cm³/mol. The summed E-state index contributed by atoms with van der Waals surface area (Å²) < 4.78 is 11.1. The van der Waals surface area contributed by atoms with Crippen LogP contribution in [0.5, 0.6) is 5.75 Å². The molecule has 0 saturated carbocycles. The molecule has 3 rings (SSSR count). The maximum atomic E-state index is 12.0. The number of anilines is 1. The quantitative estimate of drug-likeness (QED) is 0.809.